The molecule has 3 aromatic carbocycles. The average molecular weight is 912 g/mol. The number of hydrogen-bond acceptors (Lipinski definition) is 5. The van der Waals surface area contributed by atoms with Gasteiger partial charge in [-0.25, -0.2) is 0 Å². The largest absolute Gasteiger partial charge is 0.512 e. The van der Waals surface area contributed by atoms with Gasteiger partial charge in [-0.3, -0.25) is 14.8 Å². The maximum Gasteiger partial charge on any atom is 0.164 e. The number of allylic oxidation sites excluding steroid dienone is 2. The fourth-order valence-corrected chi connectivity index (χ4v) is 7.35. The number of pyridine rings is 2. The van der Waals surface area contributed by atoms with E-state index in [0.717, 1.165) is 95.3 Å². The number of carbonyl (C=O) groups is 1. The SMILES string of the molecule is CC(C)Cc1ccc2c(n1)CCc1c-2oc2c(-c3[c-]c4ccccc4c(-c4ccccc4)c3)nccc12.CCC(C)(CC)C(=O)/C=C(\O)C(C)(CC)CC.[Ir]. The Hall–Kier alpha value is -4.38. The van der Waals surface area contributed by atoms with E-state index in [4.69, 9.17) is 14.4 Å². The van der Waals surface area contributed by atoms with Crippen molar-refractivity contribution in [2.45, 2.75) is 100 Å². The van der Waals surface area contributed by atoms with Crippen LogP contribution in [0.2, 0.25) is 0 Å². The Bertz CT molecular complexity index is 2290. The quantitative estimate of drug-likeness (QED) is 0.0796. The molecule has 5 nitrogen and oxygen atoms in total. The van der Waals surface area contributed by atoms with Crippen LogP contribution in [-0.4, -0.2) is 20.9 Å². The van der Waals surface area contributed by atoms with E-state index in [9.17, 15) is 9.90 Å². The first-order valence-electron chi connectivity index (χ1n) is 19.8. The minimum Gasteiger partial charge on any atom is -0.512 e. The maximum atomic E-state index is 12.2. The van der Waals surface area contributed by atoms with Gasteiger partial charge in [0.15, 0.2) is 5.78 Å². The van der Waals surface area contributed by atoms with Crippen molar-refractivity contribution in [3.05, 3.63) is 120 Å². The summed E-state index contributed by atoms with van der Waals surface area (Å²) in [5.41, 5.74) is 9.03. The minimum absolute atomic E-state index is 0. The van der Waals surface area contributed by atoms with E-state index in [2.05, 4.69) is 98.8 Å². The molecule has 0 fully saturated rings. The molecule has 1 N–H and O–H groups in total. The molecule has 3 aromatic heterocycles. The molecule has 6 heteroatoms. The standard InChI is InChI=1S/C34H27N2O.C15H28O2.Ir/c1-21(2)18-25-12-13-29-31(36-25)15-14-27-28-16-17-35-32(34(28)37-33(27)29)24-19-23-10-6-7-11-26(23)30(20-24)22-8-4-3-5-9-22;1-7-14(5,8-2)12(16)11-13(17)15(6,9-3)10-4;/h3-13,16-17,20-21H,14-15,18H2,1-2H3;11,16H,7-10H2,1-6H3;/q-1;;/b;12-11-;. The van der Waals surface area contributed by atoms with Gasteiger partial charge in [0.05, 0.1) is 5.69 Å². The summed E-state index contributed by atoms with van der Waals surface area (Å²) in [5, 5.41) is 13.5. The fourth-order valence-electron chi connectivity index (χ4n) is 7.35. The van der Waals surface area contributed by atoms with E-state index in [1.54, 1.807) is 0 Å². The van der Waals surface area contributed by atoms with Gasteiger partial charge in [0.1, 0.15) is 17.1 Å². The summed E-state index contributed by atoms with van der Waals surface area (Å²) >= 11 is 0. The van der Waals surface area contributed by atoms with Crippen LogP contribution >= 0.6 is 0 Å². The van der Waals surface area contributed by atoms with E-state index in [1.165, 1.54) is 28.2 Å². The van der Waals surface area contributed by atoms with Gasteiger partial charge in [0.25, 0.3) is 0 Å². The van der Waals surface area contributed by atoms with Gasteiger partial charge in [0, 0.05) is 71.1 Å². The number of aromatic nitrogens is 2. The van der Waals surface area contributed by atoms with Crippen LogP contribution in [0.15, 0.2) is 101 Å². The summed E-state index contributed by atoms with van der Waals surface area (Å²) in [5.74, 6) is 1.82. The number of carbonyl (C=O) groups excluding carboxylic acids is 1. The molecule has 0 amide bonds. The molecule has 289 valence electrons. The molecule has 55 heavy (non-hydrogen) atoms. The zero-order valence-electron chi connectivity index (χ0n) is 33.7. The van der Waals surface area contributed by atoms with Crippen LogP contribution in [0.1, 0.15) is 98.0 Å². The monoisotopic (exact) mass is 912 g/mol. The average Bonchev–Trinajstić information content (AvgIpc) is 3.59. The van der Waals surface area contributed by atoms with E-state index in [1.807, 2.05) is 47.7 Å². The number of nitrogens with zero attached hydrogens (tertiary/aromatic N) is 2. The first kappa shape index (κ1) is 41.8. The molecule has 0 saturated heterocycles. The molecular weight excluding hydrogens is 857 g/mol. The Morgan fingerprint density at radius 1 is 0.855 bits per heavy atom. The van der Waals surface area contributed by atoms with Crippen molar-refractivity contribution in [2.24, 2.45) is 16.7 Å². The van der Waals surface area contributed by atoms with Crippen LogP contribution in [0.25, 0.3) is 55.4 Å². The van der Waals surface area contributed by atoms with Crippen molar-refractivity contribution in [3.8, 4) is 33.7 Å². The number of aliphatic hydroxyl groups excluding tert-OH is 1. The molecule has 6 aromatic rings. The second-order valence-corrected chi connectivity index (χ2v) is 15.8. The fraction of sp³-hybridized carbons (Fsp3) is 0.367. The first-order valence-corrected chi connectivity index (χ1v) is 19.8. The van der Waals surface area contributed by atoms with Crippen LogP contribution < -0.4 is 0 Å². The summed E-state index contributed by atoms with van der Waals surface area (Å²) in [6.45, 7) is 16.6. The summed E-state index contributed by atoms with van der Waals surface area (Å²) in [7, 11) is 0. The van der Waals surface area contributed by atoms with Crippen molar-refractivity contribution >= 4 is 27.5 Å². The van der Waals surface area contributed by atoms with Crippen molar-refractivity contribution in [2.75, 3.05) is 0 Å². The van der Waals surface area contributed by atoms with E-state index in [0.29, 0.717) is 5.92 Å². The number of rotatable bonds is 11. The van der Waals surface area contributed by atoms with E-state index >= 15 is 0 Å². The number of aliphatic hydroxyl groups is 1. The molecule has 0 saturated carbocycles. The molecule has 0 unspecified atom stereocenters. The predicted octanol–water partition coefficient (Wildman–Crippen LogP) is 13.1. The Kier molecular flexibility index (Phi) is 13.4. The first-order chi connectivity index (χ1) is 25.9. The second-order valence-electron chi connectivity index (χ2n) is 15.8. The third kappa shape index (κ3) is 8.56. The van der Waals surface area contributed by atoms with Crippen LogP contribution in [-0.2, 0) is 44.2 Å². The number of furan rings is 1. The second kappa shape index (κ2) is 17.6. The molecule has 3 heterocycles. The van der Waals surface area contributed by atoms with Crippen molar-refractivity contribution in [1.29, 1.82) is 0 Å². The molecule has 1 aliphatic carbocycles. The Morgan fingerprint density at radius 2 is 1.53 bits per heavy atom. The minimum atomic E-state index is -0.337. The number of benzene rings is 3. The zero-order chi connectivity index (χ0) is 38.6. The number of ketones is 1. The smallest absolute Gasteiger partial charge is 0.164 e. The Morgan fingerprint density at radius 3 is 2.20 bits per heavy atom. The Balaban J connectivity index is 0.000000276. The van der Waals surface area contributed by atoms with Gasteiger partial charge in [0.2, 0.25) is 0 Å². The van der Waals surface area contributed by atoms with Gasteiger partial charge in [-0.1, -0.05) is 120 Å². The molecule has 7 rings (SSSR count). The number of fused-ring (bicyclic) bond motifs is 6. The number of aryl methyl sites for hydroxylation is 2. The van der Waals surface area contributed by atoms with Crippen LogP contribution in [0.5, 0.6) is 0 Å². The van der Waals surface area contributed by atoms with E-state index in [-0.39, 0.29) is 42.5 Å². The van der Waals surface area contributed by atoms with Gasteiger partial charge < -0.3 is 9.52 Å². The van der Waals surface area contributed by atoms with Crippen molar-refractivity contribution in [1.82, 2.24) is 9.97 Å². The van der Waals surface area contributed by atoms with Crippen LogP contribution in [0.3, 0.4) is 0 Å². The molecule has 1 radical (unpaired) electrons. The molecule has 0 aliphatic heterocycles. The third-order valence-corrected chi connectivity index (χ3v) is 11.9. The van der Waals surface area contributed by atoms with Gasteiger partial charge in [-0.2, -0.15) is 0 Å². The molecular formula is C49H55IrN2O3-. The summed E-state index contributed by atoms with van der Waals surface area (Å²) in [6, 6.07) is 31.2. The van der Waals surface area contributed by atoms with Gasteiger partial charge in [-0.05, 0) is 74.6 Å². The molecule has 0 spiro atoms. The van der Waals surface area contributed by atoms with Crippen LogP contribution in [0, 0.1) is 22.8 Å². The number of hydrogen-bond donors (Lipinski definition) is 1. The molecule has 0 bridgehead atoms. The Labute approximate surface area is 341 Å². The topological polar surface area (TPSA) is 76.2 Å². The van der Waals surface area contributed by atoms with Gasteiger partial charge in [-0.15, -0.1) is 23.6 Å². The summed E-state index contributed by atoms with van der Waals surface area (Å²) in [6.07, 6.45) is 9.51. The zero-order valence-corrected chi connectivity index (χ0v) is 36.1. The molecule has 1 aliphatic rings. The third-order valence-electron chi connectivity index (χ3n) is 11.9. The van der Waals surface area contributed by atoms with Crippen LogP contribution in [0.4, 0.5) is 0 Å². The van der Waals surface area contributed by atoms with Crippen molar-refractivity contribution < 1.29 is 34.4 Å². The van der Waals surface area contributed by atoms with Crippen molar-refractivity contribution in [3.63, 3.8) is 0 Å². The summed E-state index contributed by atoms with van der Waals surface area (Å²) in [4.78, 5) is 22.0. The normalized spacial score (nSPS) is 12.9. The summed E-state index contributed by atoms with van der Waals surface area (Å²) < 4.78 is 6.66. The van der Waals surface area contributed by atoms with E-state index < -0.39 is 0 Å². The predicted molar refractivity (Wildman–Crippen MR) is 224 cm³/mol. The molecule has 0 atom stereocenters. The maximum absolute atomic E-state index is 12.2. The van der Waals surface area contributed by atoms with Gasteiger partial charge >= 0.3 is 0 Å².